The standard InChI is InChI=1S/C14H21N3O3/c1-17(9-5-12-3-6-15-7-4-12)14(19)11-13(18)16-8-10-20-2/h3-4,6-7H,5,8-11H2,1-2H3,(H,16,18). The van der Waals surface area contributed by atoms with Gasteiger partial charge in [-0.3, -0.25) is 14.6 Å². The second kappa shape index (κ2) is 9.03. The highest BCUT2D eigenvalue weighted by Crippen LogP contribution is 2.00. The van der Waals surface area contributed by atoms with Gasteiger partial charge in [-0.2, -0.15) is 0 Å². The minimum atomic E-state index is -0.275. The number of amides is 2. The first-order valence-electron chi connectivity index (χ1n) is 6.52. The van der Waals surface area contributed by atoms with Gasteiger partial charge in [-0.25, -0.2) is 0 Å². The normalized spacial score (nSPS) is 10.1. The van der Waals surface area contributed by atoms with Crippen LogP contribution < -0.4 is 5.32 Å². The summed E-state index contributed by atoms with van der Waals surface area (Å²) in [6.07, 6.45) is 4.06. The molecule has 20 heavy (non-hydrogen) atoms. The van der Waals surface area contributed by atoms with Gasteiger partial charge in [0.15, 0.2) is 0 Å². The molecule has 0 atom stereocenters. The van der Waals surface area contributed by atoms with Gasteiger partial charge < -0.3 is 15.0 Å². The summed E-state index contributed by atoms with van der Waals surface area (Å²) in [5, 5.41) is 2.62. The molecule has 0 aromatic carbocycles. The zero-order chi connectivity index (χ0) is 14.8. The lowest BCUT2D eigenvalue weighted by Gasteiger charge is -2.17. The van der Waals surface area contributed by atoms with Crippen LogP contribution in [-0.2, 0) is 20.7 Å². The molecule has 6 heteroatoms. The van der Waals surface area contributed by atoms with Crippen LogP contribution in [-0.4, -0.2) is 55.6 Å². The summed E-state index contributed by atoms with van der Waals surface area (Å²) < 4.78 is 4.82. The van der Waals surface area contributed by atoms with E-state index in [2.05, 4.69) is 10.3 Å². The molecule has 0 bridgehead atoms. The summed E-state index contributed by atoms with van der Waals surface area (Å²) in [6, 6.07) is 3.82. The lowest BCUT2D eigenvalue weighted by atomic mass is 10.2. The SMILES string of the molecule is COCCNC(=O)CC(=O)N(C)CCc1ccncc1. The van der Waals surface area contributed by atoms with Gasteiger partial charge in [-0.15, -0.1) is 0 Å². The number of carbonyl (C=O) groups is 2. The zero-order valence-electron chi connectivity index (χ0n) is 12.0. The molecule has 1 N–H and O–H groups in total. The van der Waals surface area contributed by atoms with Crippen LogP contribution in [0.2, 0.25) is 0 Å². The molecule has 1 aromatic rings. The van der Waals surface area contributed by atoms with Crippen LogP contribution >= 0.6 is 0 Å². The highest BCUT2D eigenvalue weighted by molar-refractivity contribution is 5.96. The van der Waals surface area contributed by atoms with E-state index in [1.165, 1.54) is 0 Å². The number of nitrogens with one attached hydrogen (secondary N) is 1. The lowest BCUT2D eigenvalue weighted by molar-refractivity contribution is -0.135. The molecule has 0 fully saturated rings. The molecular formula is C14H21N3O3. The number of likely N-dealkylation sites (N-methyl/N-ethyl adjacent to an activating group) is 1. The van der Waals surface area contributed by atoms with Crippen molar-refractivity contribution in [2.75, 3.05) is 33.9 Å². The molecule has 0 aliphatic carbocycles. The maximum absolute atomic E-state index is 11.8. The van der Waals surface area contributed by atoms with E-state index in [9.17, 15) is 9.59 Å². The predicted octanol–water partition coefficient (Wildman–Crippen LogP) is 0.235. The zero-order valence-corrected chi connectivity index (χ0v) is 12.0. The van der Waals surface area contributed by atoms with Crippen LogP contribution in [0.3, 0.4) is 0 Å². The highest BCUT2D eigenvalue weighted by atomic mass is 16.5. The molecule has 6 nitrogen and oxygen atoms in total. The van der Waals surface area contributed by atoms with Gasteiger partial charge in [0.1, 0.15) is 6.42 Å². The van der Waals surface area contributed by atoms with Crippen molar-refractivity contribution in [2.45, 2.75) is 12.8 Å². The van der Waals surface area contributed by atoms with Crippen molar-refractivity contribution in [3.63, 3.8) is 0 Å². The van der Waals surface area contributed by atoms with E-state index in [4.69, 9.17) is 4.74 Å². The first kappa shape index (κ1) is 16.1. The fourth-order valence-corrected chi connectivity index (χ4v) is 1.60. The van der Waals surface area contributed by atoms with Crippen LogP contribution in [0.4, 0.5) is 0 Å². The van der Waals surface area contributed by atoms with Crippen molar-refractivity contribution in [2.24, 2.45) is 0 Å². The third-order valence-electron chi connectivity index (χ3n) is 2.85. The molecule has 0 saturated heterocycles. The number of hydrogen-bond donors (Lipinski definition) is 1. The summed E-state index contributed by atoms with van der Waals surface area (Å²) in [5.41, 5.74) is 1.11. The molecule has 0 unspecified atom stereocenters. The molecule has 1 aromatic heterocycles. The Hall–Kier alpha value is -1.95. The van der Waals surface area contributed by atoms with Gasteiger partial charge in [0.2, 0.25) is 11.8 Å². The smallest absolute Gasteiger partial charge is 0.231 e. The van der Waals surface area contributed by atoms with E-state index < -0.39 is 0 Å². The van der Waals surface area contributed by atoms with Gasteiger partial charge in [-0.05, 0) is 24.1 Å². The van der Waals surface area contributed by atoms with Crippen molar-refractivity contribution >= 4 is 11.8 Å². The number of aromatic nitrogens is 1. The second-order valence-electron chi connectivity index (χ2n) is 4.44. The van der Waals surface area contributed by atoms with Gasteiger partial charge in [0.25, 0.3) is 0 Å². The second-order valence-corrected chi connectivity index (χ2v) is 4.44. The van der Waals surface area contributed by atoms with Gasteiger partial charge in [0, 0.05) is 39.6 Å². The molecule has 0 spiro atoms. The molecule has 1 heterocycles. The monoisotopic (exact) mass is 279 g/mol. The predicted molar refractivity (Wildman–Crippen MR) is 75.1 cm³/mol. The maximum Gasteiger partial charge on any atom is 0.231 e. The number of rotatable bonds is 8. The molecular weight excluding hydrogens is 258 g/mol. The van der Waals surface area contributed by atoms with E-state index in [1.54, 1.807) is 31.5 Å². The Morgan fingerprint density at radius 3 is 2.70 bits per heavy atom. The molecule has 0 radical (unpaired) electrons. The van der Waals surface area contributed by atoms with Crippen molar-refractivity contribution in [3.8, 4) is 0 Å². The third-order valence-corrected chi connectivity index (χ3v) is 2.85. The highest BCUT2D eigenvalue weighted by Gasteiger charge is 2.13. The number of carbonyl (C=O) groups excluding carboxylic acids is 2. The van der Waals surface area contributed by atoms with Crippen molar-refractivity contribution in [3.05, 3.63) is 30.1 Å². The van der Waals surface area contributed by atoms with E-state index >= 15 is 0 Å². The van der Waals surface area contributed by atoms with Crippen molar-refractivity contribution in [1.29, 1.82) is 0 Å². The number of pyridine rings is 1. The van der Waals surface area contributed by atoms with Crippen LogP contribution in [0.15, 0.2) is 24.5 Å². The molecule has 0 aliphatic heterocycles. The number of nitrogens with zero attached hydrogens (tertiary/aromatic N) is 2. The van der Waals surface area contributed by atoms with Crippen LogP contribution in [0, 0.1) is 0 Å². The first-order chi connectivity index (χ1) is 9.63. The largest absolute Gasteiger partial charge is 0.383 e. The number of hydrogen-bond acceptors (Lipinski definition) is 4. The lowest BCUT2D eigenvalue weighted by Crippen LogP contribution is -2.35. The van der Waals surface area contributed by atoms with Gasteiger partial charge >= 0.3 is 0 Å². The van der Waals surface area contributed by atoms with E-state index in [-0.39, 0.29) is 18.2 Å². The molecule has 1 rings (SSSR count). The Bertz CT molecular complexity index is 423. The molecule has 110 valence electrons. The summed E-state index contributed by atoms with van der Waals surface area (Å²) in [6.45, 7) is 1.44. The van der Waals surface area contributed by atoms with Crippen LogP contribution in [0.1, 0.15) is 12.0 Å². The fraction of sp³-hybridized carbons (Fsp3) is 0.500. The van der Waals surface area contributed by atoms with Crippen molar-refractivity contribution < 1.29 is 14.3 Å². The Balaban J connectivity index is 2.26. The van der Waals surface area contributed by atoms with E-state index in [1.807, 2.05) is 12.1 Å². The topological polar surface area (TPSA) is 71.5 Å². The summed E-state index contributed by atoms with van der Waals surface area (Å²) in [5.74, 6) is -0.461. The Morgan fingerprint density at radius 1 is 1.35 bits per heavy atom. The summed E-state index contributed by atoms with van der Waals surface area (Å²) >= 11 is 0. The summed E-state index contributed by atoms with van der Waals surface area (Å²) in [4.78, 5) is 28.8. The Kier molecular flexibility index (Phi) is 7.27. The Labute approximate surface area is 119 Å². The minimum absolute atomic E-state index is 0.128. The van der Waals surface area contributed by atoms with E-state index in [0.29, 0.717) is 19.7 Å². The maximum atomic E-state index is 11.8. The molecule has 0 aliphatic rings. The third kappa shape index (κ3) is 6.29. The Morgan fingerprint density at radius 2 is 2.05 bits per heavy atom. The first-order valence-corrected chi connectivity index (χ1v) is 6.52. The fourth-order valence-electron chi connectivity index (χ4n) is 1.60. The van der Waals surface area contributed by atoms with Crippen LogP contribution in [0.5, 0.6) is 0 Å². The van der Waals surface area contributed by atoms with Crippen LogP contribution in [0.25, 0.3) is 0 Å². The number of methoxy groups -OCH3 is 1. The van der Waals surface area contributed by atoms with Gasteiger partial charge in [-0.1, -0.05) is 0 Å². The summed E-state index contributed by atoms with van der Waals surface area (Å²) in [7, 11) is 3.26. The minimum Gasteiger partial charge on any atom is -0.383 e. The average molecular weight is 279 g/mol. The van der Waals surface area contributed by atoms with Gasteiger partial charge in [0.05, 0.1) is 6.61 Å². The number of ether oxygens (including phenoxy) is 1. The van der Waals surface area contributed by atoms with Crippen molar-refractivity contribution in [1.82, 2.24) is 15.2 Å². The average Bonchev–Trinajstić information content (AvgIpc) is 2.46. The quantitative estimate of drug-likeness (QED) is 0.546. The van der Waals surface area contributed by atoms with E-state index in [0.717, 1.165) is 12.0 Å². The molecule has 2 amide bonds. The molecule has 0 saturated carbocycles.